The van der Waals surface area contributed by atoms with Gasteiger partial charge in [-0.15, -0.1) is 11.8 Å². The van der Waals surface area contributed by atoms with E-state index in [1.165, 1.54) is 18.0 Å². The molecule has 3 aromatic rings. The largest absolute Gasteiger partial charge is 1.00 e. The van der Waals surface area contributed by atoms with Crippen molar-refractivity contribution in [2.24, 2.45) is 0 Å². The molecule has 1 unspecified atom stereocenters. The van der Waals surface area contributed by atoms with Gasteiger partial charge in [0.25, 0.3) is 5.91 Å². The molecule has 0 saturated carbocycles. The zero-order valence-electron chi connectivity index (χ0n) is 17.8. The fraction of sp³-hybridized carbons (Fsp3) is 0.200. The van der Waals surface area contributed by atoms with Crippen LogP contribution in [0.15, 0.2) is 52.3 Å². The molecule has 1 fully saturated rings. The van der Waals surface area contributed by atoms with E-state index in [0.717, 1.165) is 22.2 Å². The van der Waals surface area contributed by atoms with Gasteiger partial charge in [-0.05, 0) is 5.56 Å². The topological polar surface area (TPSA) is 170 Å². The Labute approximate surface area is 223 Å². The number of anilines is 1. The van der Waals surface area contributed by atoms with Crippen LogP contribution in [0.25, 0.3) is 11.0 Å². The molecule has 2 amide bonds. The Kier molecular flexibility index (Phi) is 7.19. The Morgan fingerprint density at radius 1 is 1.29 bits per heavy atom. The molecule has 2 atom stereocenters. The van der Waals surface area contributed by atoms with Crippen LogP contribution in [0.5, 0.6) is 0 Å². The summed E-state index contributed by atoms with van der Waals surface area (Å²) < 4.78 is 0. The second-order valence-corrected chi connectivity index (χ2v) is 9.47. The smallest absolute Gasteiger partial charge is 0.543 e. The van der Waals surface area contributed by atoms with E-state index in [1.807, 2.05) is 30.3 Å². The average Bonchev–Trinajstić information content (AvgIpc) is 3.27. The predicted molar refractivity (Wildman–Crippen MR) is 119 cm³/mol. The number of aliphatic carboxylic acids is 1. The van der Waals surface area contributed by atoms with Crippen LogP contribution in [0.2, 0.25) is 0 Å². The zero-order chi connectivity index (χ0) is 23.1. The van der Waals surface area contributed by atoms with Gasteiger partial charge in [-0.1, -0.05) is 42.1 Å². The van der Waals surface area contributed by atoms with E-state index in [4.69, 9.17) is 5.73 Å². The van der Waals surface area contributed by atoms with Gasteiger partial charge in [-0.2, -0.15) is 5.10 Å². The molecule has 5 rings (SSSR count). The molecule has 2 aliphatic rings. The Morgan fingerprint density at radius 2 is 2.06 bits per heavy atom. The third-order valence-electron chi connectivity index (χ3n) is 5.18. The second kappa shape index (κ2) is 9.96. The van der Waals surface area contributed by atoms with E-state index in [0.29, 0.717) is 15.9 Å². The van der Waals surface area contributed by atoms with Crippen molar-refractivity contribution in [1.29, 1.82) is 0 Å². The summed E-state index contributed by atoms with van der Waals surface area (Å²) in [4.78, 5) is 47.1. The quantitative estimate of drug-likeness (QED) is 0.175. The third-order valence-corrected chi connectivity index (χ3v) is 7.60. The fourth-order valence-electron chi connectivity index (χ4n) is 3.66. The van der Waals surface area contributed by atoms with E-state index in [1.54, 1.807) is 0 Å². The monoisotopic (exact) mass is 505 g/mol. The number of fused-ring (bicyclic) bond motifs is 2. The van der Waals surface area contributed by atoms with Crippen molar-refractivity contribution in [3.8, 4) is 0 Å². The van der Waals surface area contributed by atoms with Gasteiger partial charge in [0.15, 0.2) is 10.8 Å². The first kappa shape index (κ1) is 24.5. The summed E-state index contributed by atoms with van der Waals surface area (Å²) in [6, 6.07) is 8.34. The Balaban J connectivity index is 0.00000274. The molecule has 168 valence electrons. The number of nitrogens with one attached hydrogen (secondary N) is 2. The van der Waals surface area contributed by atoms with E-state index < -0.39 is 23.3 Å². The Hall–Kier alpha value is -2.58. The number of aromatic amines is 1. The van der Waals surface area contributed by atoms with Gasteiger partial charge in [-0.25, -0.2) is 9.97 Å². The van der Waals surface area contributed by atoms with Crippen LogP contribution < -0.4 is 45.7 Å². The van der Waals surface area contributed by atoms with Gasteiger partial charge in [0.1, 0.15) is 17.2 Å². The number of hydrogen-bond donors (Lipinski definition) is 3. The molecule has 4 N–H and O–H groups in total. The number of thioether (sulfide) groups is 2. The summed E-state index contributed by atoms with van der Waals surface area (Å²) in [6.07, 6.45) is 1.62. The number of amides is 2. The maximum Gasteiger partial charge on any atom is 1.00 e. The van der Waals surface area contributed by atoms with Crippen molar-refractivity contribution in [3.63, 3.8) is 0 Å². The number of carboxylic acids is 1. The first-order valence-corrected chi connectivity index (χ1v) is 11.7. The van der Waals surface area contributed by atoms with E-state index in [-0.39, 0.29) is 64.3 Å². The molecular weight excluding hydrogens is 489 g/mol. The van der Waals surface area contributed by atoms with Crippen LogP contribution in [0, 0.1) is 0 Å². The maximum absolute atomic E-state index is 12.8. The predicted octanol–water partition coefficient (Wildman–Crippen LogP) is -3.36. The molecule has 11 nitrogen and oxygen atoms in total. The minimum atomic E-state index is -1.49. The van der Waals surface area contributed by atoms with Crippen LogP contribution in [0.4, 0.5) is 5.82 Å². The first-order valence-electron chi connectivity index (χ1n) is 9.79. The van der Waals surface area contributed by atoms with Crippen molar-refractivity contribution < 1.29 is 49.0 Å². The number of carboxylic acid groups (broad SMARTS) is 1. The van der Waals surface area contributed by atoms with Crippen molar-refractivity contribution in [1.82, 2.24) is 30.4 Å². The average molecular weight is 506 g/mol. The summed E-state index contributed by atoms with van der Waals surface area (Å²) in [7, 11) is 0. The zero-order valence-corrected chi connectivity index (χ0v) is 21.5. The Bertz CT molecular complexity index is 1320. The molecule has 2 aliphatic heterocycles. The molecule has 1 aromatic carbocycles. The normalized spacial score (nSPS) is 19.3. The van der Waals surface area contributed by atoms with Crippen LogP contribution in [-0.4, -0.2) is 60.0 Å². The number of nitrogens with two attached hydrogens (primary N) is 1. The number of H-pyrrole nitrogens is 1. The van der Waals surface area contributed by atoms with Gasteiger partial charge in [0, 0.05) is 10.7 Å². The molecule has 2 aromatic heterocycles. The minimum Gasteiger partial charge on any atom is -0.543 e. The Morgan fingerprint density at radius 3 is 2.79 bits per heavy atom. The number of benzene rings is 1. The standard InChI is InChI=1S/C20H17N7O4S2.Na/c21-15-10-7-22-26-16(10)25-20(24-15)33-11-8-32-18-13(17(29)27(18)14(11)19(30)31)23-12(28)6-9-4-2-1-3-5-9;/h1-5,7,13,18H,6,8H2,(H,23,28)(H,30,31)(H3,21,22,24,25,26);/q;+1/p-1/t13?,18-;/m1./s1. The number of hydrogen-bond acceptors (Lipinski definition) is 10. The molecule has 0 bridgehead atoms. The molecule has 14 heteroatoms. The third kappa shape index (κ3) is 4.53. The molecule has 0 aliphatic carbocycles. The molecule has 0 radical (unpaired) electrons. The van der Waals surface area contributed by atoms with Crippen molar-refractivity contribution in [3.05, 3.63) is 52.7 Å². The summed E-state index contributed by atoms with van der Waals surface area (Å²) in [5.74, 6) is -1.82. The minimum absolute atomic E-state index is 0. The van der Waals surface area contributed by atoms with E-state index in [2.05, 4.69) is 25.5 Å². The SMILES string of the molecule is Nc1nc(SC2=C(C(=O)[O-])N3C(=O)C(NC(=O)Cc4ccccc4)[C@H]3SC2)nc2[nH]ncc12.[Na+]. The number of aromatic nitrogens is 4. The van der Waals surface area contributed by atoms with Gasteiger partial charge in [0.2, 0.25) is 5.91 Å². The van der Waals surface area contributed by atoms with Gasteiger partial charge in [-0.3, -0.25) is 19.6 Å². The van der Waals surface area contributed by atoms with Crippen molar-refractivity contribution >= 4 is 58.2 Å². The van der Waals surface area contributed by atoms with Gasteiger partial charge < -0.3 is 21.0 Å². The summed E-state index contributed by atoms with van der Waals surface area (Å²) >= 11 is 2.34. The van der Waals surface area contributed by atoms with E-state index >= 15 is 0 Å². The number of carbonyl (C=O) groups is 3. The number of nitrogen functional groups attached to an aromatic ring is 1. The van der Waals surface area contributed by atoms with Crippen molar-refractivity contribution in [2.75, 3.05) is 11.5 Å². The number of carbonyl (C=O) groups excluding carboxylic acids is 3. The maximum atomic E-state index is 12.8. The van der Waals surface area contributed by atoms with Gasteiger partial charge >= 0.3 is 29.6 Å². The number of rotatable bonds is 6. The van der Waals surface area contributed by atoms with Crippen molar-refractivity contribution in [2.45, 2.75) is 23.0 Å². The van der Waals surface area contributed by atoms with Crippen LogP contribution in [0.3, 0.4) is 0 Å². The second-order valence-electron chi connectivity index (χ2n) is 7.30. The molecule has 4 heterocycles. The summed E-state index contributed by atoms with van der Waals surface area (Å²) in [5, 5.41) is 21.5. The summed E-state index contributed by atoms with van der Waals surface area (Å²) in [5.41, 5.74) is 6.92. The van der Waals surface area contributed by atoms with Crippen LogP contribution in [0.1, 0.15) is 5.56 Å². The molecule has 0 spiro atoms. The molecule has 34 heavy (non-hydrogen) atoms. The number of nitrogens with zero attached hydrogens (tertiary/aromatic N) is 4. The fourth-order valence-corrected chi connectivity index (χ4v) is 6.07. The van der Waals surface area contributed by atoms with E-state index in [9.17, 15) is 19.5 Å². The van der Waals surface area contributed by atoms with Gasteiger partial charge in [0.05, 0.1) is 29.7 Å². The summed E-state index contributed by atoms with van der Waals surface area (Å²) in [6.45, 7) is 0. The van der Waals surface area contributed by atoms with Crippen LogP contribution >= 0.6 is 23.5 Å². The molecule has 1 saturated heterocycles. The number of β-lactam (4-membered cyclic amide) rings is 1. The molecular formula is C20H16N7NaO4S2. The van der Waals surface area contributed by atoms with Crippen LogP contribution in [-0.2, 0) is 20.8 Å². The first-order chi connectivity index (χ1) is 15.9.